The quantitative estimate of drug-likeness (QED) is 0.454. The Kier molecular flexibility index (Phi) is 6.25. The van der Waals surface area contributed by atoms with E-state index in [4.69, 9.17) is 4.74 Å². The molecule has 182 valence electrons. The van der Waals surface area contributed by atoms with E-state index in [1.165, 1.54) is 30.5 Å². The van der Waals surface area contributed by atoms with E-state index in [-0.39, 0.29) is 31.1 Å². The maximum Gasteiger partial charge on any atom is 0.254 e. The lowest BCUT2D eigenvalue weighted by molar-refractivity contribution is -0.127. The predicted molar refractivity (Wildman–Crippen MR) is 127 cm³/mol. The number of anilines is 1. The minimum atomic E-state index is -3.58. The fourth-order valence-corrected chi connectivity index (χ4v) is 4.55. The van der Waals surface area contributed by atoms with Gasteiger partial charge in [0, 0.05) is 30.4 Å². The summed E-state index contributed by atoms with van der Waals surface area (Å²) < 4.78 is 31.9. The van der Waals surface area contributed by atoms with Crippen LogP contribution in [0.15, 0.2) is 36.7 Å². The molecule has 2 aliphatic rings. The van der Waals surface area contributed by atoms with Crippen molar-refractivity contribution in [1.82, 2.24) is 15.2 Å². The van der Waals surface area contributed by atoms with Gasteiger partial charge in [-0.15, -0.1) is 0 Å². The number of hydrogen-bond acceptors (Lipinski definition) is 7. The molecule has 0 bridgehead atoms. The van der Waals surface area contributed by atoms with Crippen molar-refractivity contribution in [2.45, 2.75) is 32.1 Å². The molecule has 3 amide bonds. The van der Waals surface area contributed by atoms with Crippen molar-refractivity contribution >= 4 is 33.4 Å². The number of hydrogen-bond donors (Lipinski definition) is 2. The molecule has 4 rings (SSSR count). The second-order valence-corrected chi connectivity index (χ2v) is 11.0. The van der Waals surface area contributed by atoms with E-state index in [9.17, 15) is 22.8 Å². The van der Waals surface area contributed by atoms with Crippen molar-refractivity contribution in [2.24, 2.45) is 5.41 Å². The van der Waals surface area contributed by atoms with Crippen molar-refractivity contribution in [3.63, 3.8) is 0 Å². The van der Waals surface area contributed by atoms with Gasteiger partial charge in [0.25, 0.3) is 5.91 Å². The minimum absolute atomic E-state index is 0.0828. The third-order valence-corrected chi connectivity index (χ3v) is 7.63. The van der Waals surface area contributed by atoms with Crippen LogP contribution in [0.2, 0.25) is 0 Å². The average Bonchev–Trinajstić information content (AvgIpc) is 3.26. The number of rotatable bonds is 6. The molecule has 0 radical (unpaired) electrons. The van der Waals surface area contributed by atoms with E-state index >= 15 is 0 Å². The first-order valence-corrected chi connectivity index (χ1v) is 12.4. The average molecular weight is 497 g/mol. The molecule has 0 unspecified atom stereocenters. The highest BCUT2D eigenvalue weighted by atomic mass is 32.2. The maximum atomic E-state index is 13.0. The largest absolute Gasteiger partial charge is 0.497 e. The molecule has 35 heavy (non-hydrogen) atoms. The summed E-state index contributed by atoms with van der Waals surface area (Å²) in [6, 6.07) is 6.68. The van der Waals surface area contributed by atoms with Crippen LogP contribution >= 0.6 is 0 Å². The van der Waals surface area contributed by atoms with Crippen molar-refractivity contribution in [1.29, 1.82) is 0 Å². The number of imide groups is 1. The molecule has 11 heteroatoms. The predicted octanol–water partition coefficient (Wildman–Crippen LogP) is 1.28. The van der Waals surface area contributed by atoms with Crippen LogP contribution in [-0.4, -0.2) is 54.9 Å². The summed E-state index contributed by atoms with van der Waals surface area (Å²) in [7, 11) is -2.07. The number of sulfonamides is 1. The Balaban J connectivity index is 1.62. The summed E-state index contributed by atoms with van der Waals surface area (Å²) in [4.78, 5) is 43.5. The number of amides is 3. The van der Waals surface area contributed by atoms with Gasteiger partial charge in [0.15, 0.2) is 0 Å². The van der Waals surface area contributed by atoms with Crippen molar-refractivity contribution < 1.29 is 27.5 Å². The van der Waals surface area contributed by atoms with E-state index in [1.807, 2.05) is 0 Å². The normalized spacial score (nSPS) is 19.3. The molecule has 1 atom stereocenters. The standard InChI is InChI=1S/C24H24N4O6S/c1-15(2)35(32,33)27-18-8-16(11-25-12-18)6-7-24(10-21(29)26-23(24)31)14-28-13-17-4-5-19(34-3)9-20(17)22(28)30/h4-5,8-9,11-12,15,27H,10,13-14H2,1-3H3,(H,26,29,31)/t24-/m1/s1. The first kappa shape index (κ1) is 24.2. The Labute approximate surface area is 203 Å². The highest BCUT2D eigenvalue weighted by Gasteiger charge is 2.48. The summed E-state index contributed by atoms with van der Waals surface area (Å²) in [6.45, 7) is 3.29. The molecular weight excluding hydrogens is 472 g/mol. The number of nitrogens with one attached hydrogen (secondary N) is 2. The second-order valence-electron chi connectivity index (χ2n) is 8.73. The highest BCUT2D eigenvalue weighted by Crippen LogP contribution is 2.33. The molecule has 10 nitrogen and oxygen atoms in total. The monoisotopic (exact) mass is 496 g/mol. The molecule has 0 saturated carbocycles. The van der Waals surface area contributed by atoms with E-state index in [0.29, 0.717) is 16.9 Å². The van der Waals surface area contributed by atoms with E-state index in [0.717, 1.165) is 5.56 Å². The summed E-state index contributed by atoms with van der Waals surface area (Å²) in [5.41, 5.74) is 0.392. The van der Waals surface area contributed by atoms with Crippen LogP contribution in [0, 0.1) is 17.3 Å². The lowest BCUT2D eigenvalue weighted by Gasteiger charge is -2.25. The van der Waals surface area contributed by atoms with Crippen LogP contribution in [-0.2, 0) is 26.2 Å². The molecule has 2 aromatic rings. The van der Waals surface area contributed by atoms with Crippen LogP contribution in [0.25, 0.3) is 0 Å². The number of pyridine rings is 1. The number of carbonyl (C=O) groups excluding carboxylic acids is 3. The highest BCUT2D eigenvalue weighted by molar-refractivity contribution is 7.93. The Hall–Kier alpha value is -3.91. The smallest absolute Gasteiger partial charge is 0.254 e. The SMILES string of the molecule is COc1ccc2c(c1)C(=O)N(C[C@@]1(C#Cc3cncc(NS(=O)(=O)C(C)C)c3)CC(=O)NC1=O)C2. The van der Waals surface area contributed by atoms with E-state index < -0.39 is 32.5 Å². The molecule has 1 saturated heterocycles. The van der Waals surface area contributed by atoms with Crippen molar-refractivity contribution in [3.8, 4) is 17.6 Å². The Morgan fingerprint density at radius 1 is 1.23 bits per heavy atom. The lowest BCUT2D eigenvalue weighted by atomic mass is 9.85. The van der Waals surface area contributed by atoms with Crippen molar-refractivity contribution in [2.75, 3.05) is 18.4 Å². The van der Waals surface area contributed by atoms with Gasteiger partial charge in [0.1, 0.15) is 11.2 Å². The Morgan fingerprint density at radius 2 is 2.00 bits per heavy atom. The van der Waals surface area contributed by atoms with Gasteiger partial charge >= 0.3 is 0 Å². The first-order valence-electron chi connectivity index (χ1n) is 10.8. The molecule has 1 fully saturated rings. The number of nitrogens with zero attached hydrogens (tertiary/aromatic N) is 2. The molecule has 3 heterocycles. The van der Waals surface area contributed by atoms with Gasteiger partial charge in [-0.25, -0.2) is 8.42 Å². The van der Waals surface area contributed by atoms with Crippen LogP contribution in [0.1, 0.15) is 41.8 Å². The number of methoxy groups -OCH3 is 1. The van der Waals surface area contributed by atoms with Gasteiger partial charge < -0.3 is 9.64 Å². The molecule has 2 N–H and O–H groups in total. The van der Waals surface area contributed by atoms with Gasteiger partial charge in [-0.05, 0) is 37.6 Å². The van der Waals surface area contributed by atoms with E-state index in [2.05, 4.69) is 26.9 Å². The van der Waals surface area contributed by atoms with Crippen molar-refractivity contribution in [3.05, 3.63) is 53.3 Å². The van der Waals surface area contributed by atoms with Crippen LogP contribution in [0.4, 0.5) is 5.69 Å². The maximum absolute atomic E-state index is 13.0. The topological polar surface area (TPSA) is 135 Å². The van der Waals surface area contributed by atoms with Crippen LogP contribution < -0.4 is 14.8 Å². The molecule has 0 spiro atoms. The fraction of sp³-hybridized carbons (Fsp3) is 0.333. The lowest BCUT2D eigenvalue weighted by Crippen LogP contribution is -2.42. The molecule has 1 aromatic carbocycles. The number of aromatic nitrogens is 1. The number of ether oxygens (including phenoxy) is 1. The zero-order valence-electron chi connectivity index (χ0n) is 19.4. The van der Waals surface area contributed by atoms with Crippen LogP contribution in [0.3, 0.4) is 0 Å². The van der Waals surface area contributed by atoms with Gasteiger partial charge in [-0.1, -0.05) is 17.9 Å². The zero-order chi connectivity index (χ0) is 25.4. The van der Waals surface area contributed by atoms with Crippen LogP contribution in [0.5, 0.6) is 5.75 Å². The summed E-state index contributed by atoms with van der Waals surface area (Å²) in [5, 5.41) is 1.64. The molecule has 1 aromatic heterocycles. The second kappa shape index (κ2) is 9.03. The molecule has 0 aliphatic carbocycles. The molecular formula is C24H24N4O6S. The Bertz CT molecular complexity index is 1390. The number of benzene rings is 1. The van der Waals surface area contributed by atoms with Gasteiger partial charge in [0.05, 0.1) is 30.7 Å². The van der Waals surface area contributed by atoms with Gasteiger partial charge in [-0.3, -0.25) is 29.4 Å². The summed E-state index contributed by atoms with van der Waals surface area (Å²) >= 11 is 0. The minimum Gasteiger partial charge on any atom is -0.497 e. The third kappa shape index (κ3) is 4.83. The first-order chi connectivity index (χ1) is 16.5. The summed E-state index contributed by atoms with van der Waals surface area (Å²) in [6.07, 6.45) is 2.57. The number of carbonyl (C=O) groups is 3. The van der Waals surface area contributed by atoms with Gasteiger partial charge in [0.2, 0.25) is 21.8 Å². The number of fused-ring (bicyclic) bond motifs is 1. The molecule has 2 aliphatic heterocycles. The fourth-order valence-electron chi connectivity index (χ4n) is 3.87. The summed E-state index contributed by atoms with van der Waals surface area (Å²) in [5.74, 6) is 4.93. The zero-order valence-corrected chi connectivity index (χ0v) is 20.2. The Morgan fingerprint density at radius 3 is 2.66 bits per heavy atom. The third-order valence-electron chi connectivity index (χ3n) is 5.87. The van der Waals surface area contributed by atoms with E-state index in [1.54, 1.807) is 32.0 Å². The van der Waals surface area contributed by atoms with Gasteiger partial charge in [-0.2, -0.15) is 0 Å².